The lowest BCUT2D eigenvalue weighted by Gasteiger charge is -2.39. The molecule has 1 N–H and O–H groups in total. The van der Waals surface area contributed by atoms with Crippen molar-refractivity contribution in [3.8, 4) is 0 Å². The minimum Gasteiger partial charge on any atom is -0.461 e. The van der Waals surface area contributed by atoms with Gasteiger partial charge < -0.3 is 9.84 Å². The molecule has 3 nitrogen and oxygen atoms in total. The third-order valence-electron chi connectivity index (χ3n) is 4.50. The summed E-state index contributed by atoms with van der Waals surface area (Å²) in [5.74, 6) is -0.399. The van der Waals surface area contributed by atoms with Crippen molar-refractivity contribution in [1.82, 2.24) is 0 Å². The van der Waals surface area contributed by atoms with Crippen LogP contribution in [0.15, 0.2) is 53.0 Å². The van der Waals surface area contributed by atoms with Crippen LogP contribution in [-0.4, -0.2) is 29.7 Å². The number of aliphatic hydroxyl groups is 1. The van der Waals surface area contributed by atoms with Crippen molar-refractivity contribution in [2.24, 2.45) is 0 Å². The van der Waals surface area contributed by atoms with Crippen molar-refractivity contribution in [3.63, 3.8) is 0 Å². The van der Waals surface area contributed by atoms with Gasteiger partial charge in [0.15, 0.2) is 0 Å². The Bertz CT molecular complexity index is 732. The van der Waals surface area contributed by atoms with Crippen LogP contribution in [0, 0.1) is 0 Å². The summed E-state index contributed by atoms with van der Waals surface area (Å²) in [5, 5.41) is 9.99. The first-order valence-electron chi connectivity index (χ1n) is 7.80. The van der Waals surface area contributed by atoms with Gasteiger partial charge in [-0.1, -0.05) is 40.2 Å². The molecule has 3 rings (SSSR count). The highest BCUT2D eigenvalue weighted by atomic mass is 79.9. The minimum absolute atomic E-state index is 0.0848. The summed E-state index contributed by atoms with van der Waals surface area (Å²) < 4.78 is 6.43. The topological polar surface area (TPSA) is 46.5 Å². The first-order valence-corrected chi connectivity index (χ1v) is 9.03. The molecule has 0 unspecified atom stereocenters. The standard InChI is InChI=1S/C19H18BrClO3/c20-15-7-5-13(6-8-15)18(23)24-12-19(11-22)10-16(21)9-14-3-1-2-4-17(14)19/h1-8,16,22H,9-12H2/t16-,19-/m0/s1. The average Bonchev–Trinajstić information content (AvgIpc) is 2.60. The Morgan fingerprint density at radius 1 is 1.25 bits per heavy atom. The van der Waals surface area contributed by atoms with E-state index in [1.807, 2.05) is 24.3 Å². The fourth-order valence-corrected chi connectivity index (χ4v) is 3.99. The van der Waals surface area contributed by atoms with Crippen LogP contribution in [0.25, 0.3) is 0 Å². The van der Waals surface area contributed by atoms with Gasteiger partial charge in [-0.05, 0) is 48.2 Å². The van der Waals surface area contributed by atoms with E-state index in [2.05, 4.69) is 15.9 Å². The largest absolute Gasteiger partial charge is 0.461 e. The van der Waals surface area contributed by atoms with E-state index in [9.17, 15) is 9.90 Å². The Morgan fingerprint density at radius 3 is 2.67 bits per heavy atom. The molecule has 0 heterocycles. The molecule has 0 aromatic heterocycles. The fraction of sp³-hybridized carbons (Fsp3) is 0.316. The number of hydrogen-bond donors (Lipinski definition) is 1. The van der Waals surface area contributed by atoms with Crippen LogP contribution in [-0.2, 0) is 16.6 Å². The zero-order valence-corrected chi connectivity index (χ0v) is 15.4. The number of carbonyl (C=O) groups excluding carboxylic acids is 1. The summed E-state index contributed by atoms with van der Waals surface area (Å²) in [6.45, 7) is -0.000514. The predicted octanol–water partition coefficient (Wildman–Crippen LogP) is 4.09. The molecule has 0 radical (unpaired) electrons. The summed E-state index contributed by atoms with van der Waals surface area (Å²) in [6.07, 6.45) is 1.34. The SMILES string of the molecule is O=C(OC[C@@]1(CO)C[C@@H](Cl)Cc2ccccc21)c1ccc(Br)cc1. The Balaban J connectivity index is 1.81. The molecule has 1 aliphatic carbocycles. The molecule has 0 amide bonds. The molecule has 0 bridgehead atoms. The Morgan fingerprint density at radius 2 is 1.96 bits per heavy atom. The molecular weight excluding hydrogens is 392 g/mol. The summed E-state index contributed by atoms with van der Waals surface area (Å²) in [5.41, 5.74) is 1.97. The molecule has 1 aliphatic rings. The first kappa shape index (κ1) is 17.5. The van der Waals surface area contributed by atoms with Crippen molar-refractivity contribution in [2.45, 2.75) is 23.6 Å². The summed E-state index contributed by atoms with van der Waals surface area (Å²) in [7, 11) is 0. The molecule has 126 valence electrons. The molecule has 0 spiro atoms. The van der Waals surface area contributed by atoms with E-state index >= 15 is 0 Å². The van der Waals surface area contributed by atoms with E-state index in [1.165, 1.54) is 0 Å². The van der Waals surface area contributed by atoms with Gasteiger partial charge in [-0.3, -0.25) is 0 Å². The number of ether oxygens (including phenoxy) is 1. The second-order valence-corrected chi connectivity index (χ2v) is 7.72. The van der Waals surface area contributed by atoms with Gasteiger partial charge in [0.1, 0.15) is 6.61 Å². The van der Waals surface area contributed by atoms with Gasteiger partial charge in [-0.2, -0.15) is 0 Å². The lowest BCUT2D eigenvalue weighted by atomic mass is 9.70. The highest BCUT2D eigenvalue weighted by molar-refractivity contribution is 9.10. The van der Waals surface area contributed by atoms with Crippen molar-refractivity contribution in [1.29, 1.82) is 0 Å². The summed E-state index contributed by atoms with van der Waals surface area (Å²) >= 11 is 9.74. The average molecular weight is 410 g/mol. The number of alkyl halides is 1. The number of rotatable bonds is 4. The highest BCUT2D eigenvalue weighted by Gasteiger charge is 2.40. The number of fused-ring (bicyclic) bond motifs is 1. The monoisotopic (exact) mass is 408 g/mol. The molecule has 0 aliphatic heterocycles. The molecule has 24 heavy (non-hydrogen) atoms. The van der Waals surface area contributed by atoms with Gasteiger partial charge in [0, 0.05) is 9.85 Å². The number of benzene rings is 2. The normalized spacial score (nSPS) is 22.7. The van der Waals surface area contributed by atoms with Crippen LogP contribution >= 0.6 is 27.5 Å². The predicted molar refractivity (Wildman–Crippen MR) is 97.6 cm³/mol. The zero-order valence-electron chi connectivity index (χ0n) is 13.0. The Labute approximate surface area is 154 Å². The van der Waals surface area contributed by atoms with Crippen LogP contribution in [0.4, 0.5) is 0 Å². The molecule has 0 saturated heterocycles. The number of aliphatic hydroxyl groups excluding tert-OH is 1. The maximum Gasteiger partial charge on any atom is 0.338 e. The lowest BCUT2D eigenvalue weighted by Crippen LogP contribution is -2.43. The van der Waals surface area contributed by atoms with Gasteiger partial charge in [0.2, 0.25) is 0 Å². The van der Waals surface area contributed by atoms with E-state index in [-0.39, 0.29) is 18.6 Å². The molecule has 2 aromatic rings. The van der Waals surface area contributed by atoms with Crippen LogP contribution < -0.4 is 0 Å². The van der Waals surface area contributed by atoms with Gasteiger partial charge in [0.25, 0.3) is 0 Å². The molecule has 2 aromatic carbocycles. The van der Waals surface area contributed by atoms with Crippen molar-refractivity contribution >= 4 is 33.5 Å². The van der Waals surface area contributed by atoms with Crippen molar-refractivity contribution in [2.75, 3.05) is 13.2 Å². The maximum atomic E-state index is 12.3. The minimum atomic E-state index is -0.647. The first-order chi connectivity index (χ1) is 11.5. The zero-order chi connectivity index (χ0) is 17.2. The lowest BCUT2D eigenvalue weighted by molar-refractivity contribution is 0.0286. The second kappa shape index (κ2) is 7.26. The van der Waals surface area contributed by atoms with E-state index in [0.717, 1.165) is 22.0 Å². The summed E-state index contributed by atoms with van der Waals surface area (Å²) in [6, 6.07) is 14.9. The maximum absolute atomic E-state index is 12.3. The van der Waals surface area contributed by atoms with E-state index in [1.54, 1.807) is 24.3 Å². The van der Waals surface area contributed by atoms with E-state index < -0.39 is 11.4 Å². The summed E-state index contributed by atoms with van der Waals surface area (Å²) in [4.78, 5) is 12.3. The third kappa shape index (κ3) is 3.51. The molecule has 0 fully saturated rings. The van der Waals surface area contributed by atoms with Crippen LogP contribution in [0.5, 0.6) is 0 Å². The van der Waals surface area contributed by atoms with Gasteiger partial charge in [0.05, 0.1) is 17.6 Å². The number of halogens is 2. The number of carbonyl (C=O) groups is 1. The smallest absolute Gasteiger partial charge is 0.338 e. The van der Waals surface area contributed by atoms with Crippen molar-refractivity contribution < 1.29 is 14.6 Å². The number of hydrogen-bond acceptors (Lipinski definition) is 3. The van der Waals surface area contributed by atoms with Gasteiger partial charge in [-0.25, -0.2) is 4.79 Å². The third-order valence-corrected chi connectivity index (χ3v) is 5.34. The number of esters is 1. The van der Waals surface area contributed by atoms with Gasteiger partial charge in [-0.15, -0.1) is 11.6 Å². The molecular formula is C19H18BrClO3. The second-order valence-electron chi connectivity index (χ2n) is 6.18. The Hall–Kier alpha value is -1.36. The van der Waals surface area contributed by atoms with Crippen LogP contribution in [0.3, 0.4) is 0 Å². The molecule has 2 atom stereocenters. The van der Waals surface area contributed by atoms with Crippen molar-refractivity contribution in [3.05, 3.63) is 69.7 Å². The quantitative estimate of drug-likeness (QED) is 0.611. The highest BCUT2D eigenvalue weighted by Crippen LogP contribution is 2.39. The fourth-order valence-electron chi connectivity index (χ4n) is 3.27. The van der Waals surface area contributed by atoms with E-state index in [0.29, 0.717) is 12.0 Å². The van der Waals surface area contributed by atoms with Crippen LogP contribution in [0.1, 0.15) is 27.9 Å². The molecule has 0 saturated carbocycles. The molecule has 5 heteroatoms. The van der Waals surface area contributed by atoms with Crippen LogP contribution in [0.2, 0.25) is 0 Å². The Kier molecular flexibility index (Phi) is 5.28. The van der Waals surface area contributed by atoms with Gasteiger partial charge >= 0.3 is 5.97 Å². The van der Waals surface area contributed by atoms with E-state index in [4.69, 9.17) is 16.3 Å².